The summed E-state index contributed by atoms with van der Waals surface area (Å²) >= 11 is 0. The van der Waals surface area contributed by atoms with Gasteiger partial charge in [0.2, 0.25) is 5.91 Å². The normalized spacial score (nSPS) is 12.8. The first-order valence-corrected chi connectivity index (χ1v) is 16.9. The quantitative estimate of drug-likeness (QED) is 0.115. The zero-order valence-electron chi connectivity index (χ0n) is 26.4. The molecule has 3 heterocycles. The summed E-state index contributed by atoms with van der Waals surface area (Å²) in [5.74, 6) is -1.18. The van der Waals surface area contributed by atoms with Crippen LogP contribution >= 0.6 is 0 Å². The summed E-state index contributed by atoms with van der Waals surface area (Å²) in [6, 6.07) is 19.5. The van der Waals surface area contributed by atoms with Gasteiger partial charge >= 0.3 is 6.09 Å². The highest BCUT2D eigenvalue weighted by molar-refractivity contribution is 7.92. The molecule has 0 radical (unpaired) electrons. The summed E-state index contributed by atoms with van der Waals surface area (Å²) in [7, 11) is -4.06. The zero-order valence-corrected chi connectivity index (χ0v) is 27.3. The Morgan fingerprint density at radius 1 is 0.880 bits per heavy atom. The second-order valence-electron chi connectivity index (χ2n) is 11.0. The molecular weight excluding hydrogens is 666 g/mol. The van der Waals surface area contributed by atoms with Crippen molar-refractivity contribution in [2.75, 3.05) is 42.9 Å². The van der Waals surface area contributed by atoms with Crippen molar-refractivity contribution in [2.45, 2.75) is 11.3 Å². The zero-order chi connectivity index (χ0) is 35.1. The number of hydrogen-bond acceptors (Lipinski definition) is 10. The number of amides is 4. The number of anilines is 2. The molecule has 0 aliphatic carbocycles. The Hall–Kier alpha value is -6.13. The van der Waals surface area contributed by atoms with Crippen LogP contribution in [0.25, 0.3) is 27.7 Å². The van der Waals surface area contributed by atoms with Gasteiger partial charge in [-0.05, 0) is 41.1 Å². The van der Waals surface area contributed by atoms with Crippen LogP contribution in [-0.2, 0) is 33.9 Å². The predicted molar refractivity (Wildman–Crippen MR) is 182 cm³/mol. The lowest BCUT2D eigenvalue weighted by Crippen LogP contribution is -2.35. The SMILES string of the molecule is O=C(CCN1C(=O)C=CC1=O)NCCOCCOC(=O)Nc1ccc(S(=O)(=O)Nc2nccn3cc(-c4ccc5ccccc5c4)nc23)cc1. The van der Waals surface area contributed by atoms with Gasteiger partial charge in [-0.2, -0.15) is 0 Å². The van der Waals surface area contributed by atoms with Gasteiger partial charge in [0, 0.05) is 61.5 Å². The Labute approximate surface area is 286 Å². The minimum absolute atomic E-state index is 0.00916. The van der Waals surface area contributed by atoms with E-state index in [9.17, 15) is 27.6 Å². The van der Waals surface area contributed by atoms with Crippen LogP contribution in [0.2, 0.25) is 0 Å². The monoisotopic (exact) mass is 697 g/mol. The molecule has 1 aliphatic rings. The third-order valence-electron chi connectivity index (χ3n) is 7.55. The number of fused-ring (bicyclic) bond motifs is 2. The summed E-state index contributed by atoms with van der Waals surface area (Å²) in [4.78, 5) is 56.9. The number of ether oxygens (including phenoxy) is 2. The number of hydrogen-bond donors (Lipinski definition) is 3. The molecule has 0 saturated carbocycles. The Bertz CT molecular complexity index is 2200. The highest BCUT2D eigenvalue weighted by Crippen LogP contribution is 2.27. The fourth-order valence-corrected chi connectivity index (χ4v) is 6.06. The van der Waals surface area contributed by atoms with E-state index in [2.05, 4.69) is 25.3 Å². The van der Waals surface area contributed by atoms with Gasteiger partial charge in [-0.3, -0.25) is 29.3 Å². The molecule has 0 saturated heterocycles. The van der Waals surface area contributed by atoms with Gasteiger partial charge in [-0.15, -0.1) is 0 Å². The number of imidazole rings is 1. The molecule has 5 aromatic rings. The highest BCUT2D eigenvalue weighted by atomic mass is 32.2. The topological polar surface area (TPSA) is 190 Å². The van der Waals surface area contributed by atoms with Crippen LogP contribution in [-0.4, -0.2) is 84.4 Å². The van der Waals surface area contributed by atoms with Crippen LogP contribution in [0.5, 0.6) is 0 Å². The number of benzene rings is 3. The predicted octanol–water partition coefficient (Wildman–Crippen LogP) is 3.35. The van der Waals surface area contributed by atoms with E-state index in [-0.39, 0.29) is 56.0 Å². The number of imide groups is 1. The van der Waals surface area contributed by atoms with Crippen LogP contribution < -0.4 is 15.4 Å². The van der Waals surface area contributed by atoms with Gasteiger partial charge in [0.05, 0.1) is 23.8 Å². The highest BCUT2D eigenvalue weighted by Gasteiger charge is 2.23. The maximum atomic E-state index is 13.2. The standard InChI is InChI=1S/C34H31N7O8S/c42-29(13-16-41-30(43)11-12-31(41)44)35-15-18-48-19-20-49-34(45)37-26-7-9-27(10-8-26)50(46,47)39-32-33-38-28(22-40(33)17-14-36-32)25-6-5-23-3-1-2-4-24(23)21-25/h1-12,14,17,21-22H,13,15-16,18-20H2,(H,35,42)(H,36,39)(H,37,45). The molecule has 2 aromatic heterocycles. The molecule has 1 aliphatic heterocycles. The number of nitrogens with zero attached hydrogens (tertiary/aromatic N) is 4. The van der Waals surface area contributed by atoms with Crippen molar-refractivity contribution in [3.8, 4) is 11.3 Å². The molecule has 256 valence electrons. The van der Waals surface area contributed by atoms with Gasteiger partial charge < -0.3 is 19.2 Å². The van der Waals surface area contributed by atoms with Crippen molar-refractivity contribution >= 4 is 61.8 Å². The molecule has 6 rings (SSSR count). The van der Waals surface area contributed by atoms with E-state index in [4.69, 9.17) is 9.47 Å². The molecule has 0 fully saturated rings. The van der Waals surface area contributed by atoms with Gasteiger partial charge in [0.15, 0.2) is 11.5 Å². The van der Waals surface area contributed by atoms with Crippen LogP contribution in [0.4, 0.5) is 16.3 Å². The fourth-order valence-electron chi connectivity index (χ4n) is 5.05. The second-order valence-corrected chi connectivity index (χ2v) is 12.6. The van der Waals surface area contributed by atoms with E-state index in [0.717, 1.165) is 33.4 Å². The van der Waals surface area contributed by atoms with Gasteiger partial charge in [0.1, 0.15) is 6.61 Å². The maximum absolute atomic E-state index is 13.2. The molecule has 0 atom stereocenters. The Balaban J connectivity index is 0.940. The van der Waals surface area contributed by atoms with Crippen LogP contribution in [0.1, 0.15) is 6.42 Å². The molecule has 0 bridgehead atoms. The summed E-state index contributed by atoms with van der Waals surface area (Å²) in [6.07, 6.45) is 6.48. The van der Waals surface area contributed by atoms with Crippen LogP contribution in [0, 0.1) is 0 Å². The molecule has 0 spiro atoms. The lowest BCUT2D eigenvalue weighted by molar-refractivity contribution is -0.137. The average molecular weight is 698 g/mol. The summed E-state index contributed by atoms with van der Waals surface area (Å²) in [6.45, 7) is 0.326. The first-order valence-electron chi connectivity index (χ1n) is 15.4. The van der Waals surface area contributed by atoms with E-state index in [0.29, 0.717) is 17.0 Å². The average Bonchev–Trinajstić information content (AvgIpc) is 3.69. The molecule has 0 unspecified atom stereocenters. The van der Waals surface area contributed by atoms with Crippen LogP contribution in [0.15, 0.2) is 102 Å². The Morgan fingerprint density at radius 3 is 2.42 bits per heavy atom. The number of nitrogens with one attached hydrogen (secondary N) is 3. The number of carbonyl (C=O) groups is 4. The molecule has 3 aromatic carbocycles. The minimum atomic E-state index is -4.06. The first kappa shape index (κ1) is 33.8. The van der Waals surface area contributed by atoms with E-state index in [1.165, 1.54) is 30.5 Å². The summed E-state index contributed by atoms with van der Waals surface area (Å²) in [5, 5.41) is 7.28. The van der Waals surface area contributed by atoms with Gasteiger partial charge in [0.25, 0.3) is 21.8 Å². The largest absolute Gasteiger partial charge is 0.447 e. The fraction of sp³-hybridized carbons (Fsp3) is 0.176. The Morgan fingerprint density at radius 2 is 1.64 bits per heavy atom. The number of aromatic nitrogens is 3. The lowest BCUT2D eigenvalue weighted by Gasteiger charge is -2.13. The smallest absolute Gasteiger partial charge is 0.411 e. The van der Waals surface area contributed by atoms with Gasteiger partial charge in [-0.25, -0.2) is 23.2 Å². The molecule has 15 nitrogen and oxygen atoms in total. The van der Waals surface area contributed by atoms with Crippen molar-refractivity contribution in [1.29, 1.82) is 0 Å². The third kappa shape index (κ3) is 8.11. The maximum Gasteiger partial charge on any atom is 0.411 e. The summed E-state index contributed by atoms with van der Waals surface area (Å²) < 4.78 is 41.1. The van der Waals surface area contributed by atoms with Crippen molar-refractivity contribution in [1.82, 2.24) is 24.6 Å². The van der Waals surface area contributed by atoms with E-state index in [1.54, 1.807) is 16.8 Å². The van der Waals surface area contributed by atoms with E-state index < -0.39 is 27.9 Å². The van der Waals surface area contributed by atoms with E-state index in [1.807, 2.05) is 42.5 Å². The second kappa shape index (κ2) is 15.0. The summed E-state index contributed by atoms with van der Waals surface area (Å²) in [5.41, 5.74) is 2.17. The lowest BCUT2D eigenvalue weighted by atomic mass is 10.1. The van der Waals surface area contributed by atoms with Crippen molar-refractivity contribution in [2.24, 2.45) is 0 Å². The van der Waals surface area contributed by atoms with Gasteiger partial charge in [-0.1, -0.05) is 36.4 Å². The number of rotatable bonds is 14. The molecule has 4 amide bonds. The molecule has 3 N–H and O–H groups in total. The molecular formula is C34H31N7O8S. The number of carbonyl (C=O) groups excluding carboxylic acids is 4. The Kier molecular flexibility index (Phi) is 10.1. The number of sulfonamides is 1. The minimum Gasteiger partial charge on any atom is -0.447 e. The van der Waals surface area contributed by atoms with Crippen molar-refractivity contribution < 1.29 is 37.1 Å². The first-order chi connectivity index (χ1) is 24.2. The molecule has 16 heteroatoms. The van der Waals surface area contributed by atoms with Crippen molar-refractivity contribution in [3.63, 3.8) is 0 Å². The van der Waals surface area contributed by atoms with Crippen molar-refractivity contribution in [3.05, 3.63) is 97.5 Å². The van der Waals surface area contributed by atoms with Crippen LogP contribution in [0.3, 0.4) is 0 Å². The molecule has 50 heavy (non-hydrogen) atoms. The van der Waals surface area contributed by atoms with E-state index >= 15 is 0 Å². The third-order valence-corrected chi connectivity index (χ3v) is 8.91.